The molecule has 21 heavy (non-hydrogen) atoms. The van der Waals surface area contributed by atoms with E-state index in [0.29, 0.717) is 12.0 Å². The van der Waals surface area contributed by atoms with Crippen LogP contribution in [0, 0.1) is 12.0 Å². The van der Waals surface area contributed by atoms with Crippen molar-refractivity contribution in [2.24, 2.45) is 5.92 Å². The molecule has 2 heterocycles. The standard InChI is InChI=1S/C17H24N3O/c1-19-10-7-14(8-11-19)16-13-20(12-9-18-16)17(21)15-5-3-2-4-6-15/h3-6,14,16,18H,7-13H2,1H3. The Morgan fingerprint density at radius 1 is 1.24 bits per heavy atom. The lowest BCUT2D eigenvalue weighted by Crippen LogP contribution is -2.56. The van der Waals surface area contributed by atoms with Gasteiger partial charge in [-0.15, -0.1) is 0 Å². The molecular formula is C17H24N3O. The molecule has 2 fully saturated rings. The van der Waals surface area contributed by atoms with E-state index in [9.17, 15) is 4.79 Å². The van der Waals surface area contributed by atoms with E-state index in [4.69, 9.17) is 0 Å². The smallest absolute Gasteiger partial charge is 0.253 e. The predicted molar refractivity (Wildman–Crippen MR) is 83.2 cm³/mol. The molecule has 4 heteroatoms. The molecule has 1 aromatic carbocycles. The molecule has 1 atom stereocenters. The number of benzene rings is 1. The van der Waals surface area contributed by atoms with Crippen molar-refractivity contribution in [2.75, 3.05) is 39.8 Å². The van der Waals surface area contributed by atoms with E-state index in [1.165, 1.54) is 25.9 Å². The van der Waals surface area contributed by atoms with Crippen molar-refractivity contribution in [3.8, 4) is 0 Å². The quantitative estimate of drug-likeness (QED) is 0.888. The number of likely N-dealkylation sites (tertiary alicyclic amines) is 1. The minimum atomic E-state index is 0.156. The van der Waals surface area contributed by atoms with E-state index in [1.807, 2.05) is 29.2 Å². The number of hydrogen-bond donors (Lipinski definition) is 1. The fourth-order valence-electron chi connectivity index (χ4n) is 3.42. The minimum absolute atomic E-state index is 0.156. The molecule has 0 spiro atoms. The summed E-state index contributed by atoms with van der Waals surface area (Å²) in [6, 6.07) is 10.7. The van der Waals surface area contributed by atoms with Crippen LogP contribution >= 0.6 is 0 Å². The molecule has 113 valence electrons. The van der Waals surface area contributed by atoms with Crippen LogP contribution in [0.5, 0.6) is 0 Å². The van der Waals surface area contributed by atoms with Gasteiger partial charge in [-0.05, 0) is 57.1 Å². The lowest BCUT2D eigenvalue weighted by Gasteiger charge is -2.40. The number of carbonyl (C=O) groups is 1. The van der Waals surface area contributed by atoms with Crippen molar-refractivity contribution < 1.29 is 4.79 Å². The van der Waals surface area contributed by atoms with Gasteiger partial charge in [-0.3, -0.25) is 4.79 Å². The summed E-state index contributed by atoms with van der Waals surface area (Å²) in [7, 11) is 2.19. The zero-order valence-electron chi connectivity index (χ0n) is 12.7. The Morgan fingerprint density at radius 2 is 1.95 bits per heavy atom. The number of nitrogens with one attached hydrogen (secondary N) is 1. The summed E-state index contributed by atoms with van der Waals surface area (Å²) in [6.07, 6.45) is 2.47. The van der Waals surface area contributed by atoms with Gasteiger partial charge in [-0.1, -0.05) is 12.1 Å². The Morgan fingerprint density at radius 3 is 2.67 bits per heavy atom. The molecule has 2 aliphatic rings. The van der Waals surface area contributed by atoms with Crippen molar-refractivity contribution in [1.82, 2.24) is 15.1 Å². The Hall–Kier alpha value is -1.39. The third kappa shape index (κ3) is 3.44. The third-order valence-corrected chi connectivity index (χ3v) is 4.79. The molecule has 2 aliphatic heterocycles. The lowest BCUT2D eigenvalue weighted by molar-refractivity contribution is 0.0643. The van der Waals surface area contributed by atoms with Gasteiger partial charge in [0.1, 0.15) is 0 Å². The van der Waals surface area contributed by atoms with E-state index in [0.717, 1.165) is 25.2 Å². The van der Waals surface area contributed by atoms with Gasteiger partial charge in [0.2, 0.25) is 0 Å². The maximum atomic E-state index is 12.6. The minimum Gasteiger partial charge on any atom is -0.336 e. The summed E-state index contributed by atoms with van der Waals surface area (Å²) in [5, 5.41) is 3.62. The van der Waals surface area contributed by atoms with Gasteiger partial charge in [0.25, 0.3) is 5.91 Å². The zero-order chi connectivity index (χ0) is 14.7. The molecule has 1 unspecified atom stereocenters. The van der Waals surface area contributed by atoms with Gasteiger partial charge in [0.05, 0.1) is 0 Å². The van der Waals surface area contributed by atoms with Crippen LogP contribution in [0.4, 0.5) is 0 Å². The van der Waals surface area contributed by atoms with Gasteiger partial charge >= 0.3 is 0 Å². The number of carbonyl (C=O) groups excluding carboxylic acids is 1. The Kier molecular flexibility index (Phi) is 4.56. The second-order valence-electron chi connectivity index (χ2n) is 6.24. The first kappa shape index (κ1) is 14.5. The maximum absolute atomic E-state index is 12.6. The first-order valence-electron chi connectivity index (χ1n) is 7.91. The Bertz CT molecular complexity index is 468. The lowest BCUT2D eigenvalue weighted by atomic mass is 9.88. The first-order valence-corrected chi connectivity index (χ1v) is 7.91. The highest BCUT2D eigenvalue weighted by molar-refractivity contribution is 5.94. The first-order chi connectivity index (χ1) is 10.2. The van der Waals surface area contributed by atoms with E-state index in [2.05, 4.69) is 23.3 Å². The molecule has 0 saturated carbocycles. The number of hydrogen-bond acceptors (Lipinski definition) is 3. The summed E-state index contributed by atoms with van der Waals surface area (Å²) in [5.74, 6) is 0.851. The fourth-order valence-corrected chi connectivity index (χ4v) is 3.42. The van der Waals surface area contributed by atoms with Crippen molar-refractivity contribution in [1.29, 1.82) is 0 Å². The van der Waals surface area contributed by atoms with Crippen LogP contribution in [-0.2, 0) is 0 Å². The number of piperazine rings is 1. The van der Waals surface area contributed by atoms with E-state index >= 15 is 0 Å². The average Bonchev–Trinajstić information content (AvgIpc) is 2.56. The second kappa shape index (κ2) is 6.58. The summed E-state index contributed by atoms with van der Waals surface area (Å²) < 4.78 is 0. The van der Waals surface area contributed by atoms with E-state index in [1.54, 1.807) is 0 Å². The van der Waals surface area contributed by atoms with Crippen molar-refractivity contribution >= 4 is 5.91 Å². The van der Waals surface area contributed by atoms with Gasteiger partial charge in [0, 0.05) is 31.2 Å². The van der Waals surface area contributed by atoms with Gasteiger partial charge < -0.3 is 15.1 Å². The largest absolute Gasteiger partial charge is 0.336 e. The molecule has 0 aliphatic carbocycles. The summed E-state index contributed by atoms with van der Waals surface area (Å²) in [6.45, 7) is 4.89. The molecule has 1 amide bonds. The number of amides is 1. The molecule has 2 saturated heterocycles. The molecule has 0 aromatic heterocycles. The summed E-state index contributed by atoms with van der Waals surface area (Å²) in [4.78, 5) is 17.0. The van der Waals surface area contributed by atoms with Crippen LogP contribution in [-0.4, -0.2) is 61.5 Å². The van der Waals surface area contributed by atoms with E-state index in [-0.39, 0.29) is 5.91 Å². The van der Waals surface area contributed by atoms with E-state index < -0.39 is 0 Å². The summed E-state index contributed by atoms with van der Waals surface area (Å²) in [5.41, 5.74) is 0.776. The number of piperidine rings is 1. The number of nitrogens with zero attached hydrogens (tertiary/aromatic N) is 2. The maximum Gasteiger partial charge on any atom is 0.253 e. The Labute approximate surface area is 127 Å². The van der Waals surface area contributed by atoms with Gasteiger partial charge in [-0.25, -0.2) is 0 Å². The highest BCUT2D eigenvalue weighted by atomic mass is 16.2. The summed E-state index contributed by atoms with van der Waals surface area (Å²) >= 11 is 0. The van der Waals surface area contributed by atoms with Gasteiger partial charge in [0.15, 0.2) is 0 Å². The highest BCUT2D eigenvalue weighted by Gasteiger charge is 2.31. The second-order valence-corrected chi connectivity index (χ2v) is 6.24. The van der Waals surface area contributed by atoms with Crippen LogP contribution in [0.1, 0.15) is 23.2 Å². The monoisotopic (exact) mass is 286 g/mol. The molecule has 1 aromatic rings. The van der Waals surface area contributed by atoms with Crippen molar-refractivity contribution in [3.63, 3.8) is 0 Å². The SMILES string of the molecule is CN1CCC(C2CN(C(=O)c3cc[c]cc3)CCN2)CC1. The highest BCUT2D eigenvalue weighted by Crippen LogP contribution is 2.22. The molecule has 0 bridgehead atoms. The fraction of sp³-hybridized carbons (Fsp3) is 0.588. The number of rotatable bonds is 2. The zero-order valence-corrected chi connectivity index (χ0v) is 12.7. The van der Waals surface area contributed by atoms with Crippen LogP contribution in [0.2, 0.25) is 0 Å². The van der Waals surface area contributed by atoms with Gasteiger partial charge in [-0.2, -0.15) is 0 Å². The predicted octanol–water partition coefficient (Wildman–Crippen LogP) is 1.24. The van der Waals surface area contributed by atoms with Crippen LogP contribution in [0.25, 0.3) is 0 Å². The Balaban J connectivity index is 1.62. The topological polar surface area (TPSA) is 35.6 Å². The molecule has 3 rings (SSSR count). The van der Waals surface area contributed by atoms with Crippen LogP contribution in [0.15, 0.2) is 24.3 Å². The van der Waals surface area contributed by atoms with Crippen molar-refractivity contribution in [2.45, 2.75) is 18.9 Å². The van der Waals surface area contributed by atoms with Crippen molar-refractivity contribution in [3.05, 3.63) is 35.9 Å². The molecule has 4 nitrogen and oxygen atoms in total. The molecule has 1 radical (unpaired) electrons. The molecule has 1 N–H and O–H groups in total. The molecular weight excluding hydrogens is 262 g/mol. The van der Waals surface area contributed by atoms with Crippen LogP contribution in [0.3, 0.4) is 0 Å². The van der Waals surface area contributed by atoms with Crippen LogP contribution < -0.4 is 5.32 Å². The normalized spacial score (nSPS) is 25.0. The average molecular weight is 286 g/mol. The third-order valence-electron chi connectivity index (χ3n) is 4.79.